The molecule has 1 atom stereocenters. The van der Waals surface area contributed by atoms with Gasteiger partial charge in [0.05, 0.1) is 6.04 Å². The third kappa shape index (κ3) is 2.61. The van der Waals surface area contributed by atoms with Crippen molar-refractivity contribution in [1.82, 2.24) is 10.3 Å². The Balaban J connectivity index is 1.62. The fourth-order valence-corrected chi connectivity index (χ4v) is 4.46. The second-order valence-corrected chi connectivity index (χ2v) is 7.47. The standard InChI is InChI=1S/C20H20N2OS/c1-12-13(2)21-17-8-7-14(11-16(12)17)20(23)22-18-9-10-24-19-6-4-3-5-15(18)19/h3-8,11,18,21H,9-10H2,1-2H3,(H,22,23). The Morgan fingerprint density at radius 2 is 2.04 bits per heavy atom. The first-order valence-corrected chi connectivity index (χ1v) is 9.23. The van der Waals surface area contributed by atoms with E-state index in [-0.39, 0.29) is 11.9 Å². The number of nitrogens with one attached hydrogen (secondary N) is 2. The summed E-state index contributed by atoms with van der Waals surface area (Å²) in [6, 6.07) is 14.3. The Hall–Kier alpha value is -2.20. The van der Waals surface area contributed by atoms with Gasteiger partial charge in [0.1, 0.15) is 0 Å². The number of rotatable bonds is 2. The number of fused-ring (bicyclic) bond motifs is 2. The molecule has 2 heterocycles. The van der Waals surface area contributed by atoms with Crippen LogP contribution in [0.3, 0.4) is 0 Å². The van der Waals surface area contributed by atoms with E-state index in [1.807, 2.05) is 36.0 Å². The maximum Gasteiger partial charge on any atom is 0.251 e. The number of aromatic amines is 1. The molecule has 0 spiro atoms. The summed E-state index contributed by atoms with van der Waals surface area (Å²) in [5, 5.41) is 4.34. The molecule has 1 aromatic heterocycles. The molecule has 4 heteroatoms. The van der Waals surface area contributed by atoms with Crippen molar-refractivity contribution in [3.63, 3.8) is 0 Å². The van der Waals surface area contributed by atoms with Crippen LogP contribution in [0.4, 0.5) is 0 Å². The second kappa shape index (κ2) is 6.02. The zero-order chi connectivity index (χ0) is 16.7. The number of thioether (sulfide) groups is 1. The molecule has 2 N–H and O–H groups in total. The van der Waals surface area contributed by atoms with Crippen LogP contribution in [0.1, 0.15) is 39.6 Å². The second-order valence-electron chi connectivity index (χ2n) is 6.34. The molecule has 0 bridgehead atoms. The lowest BCUT2D eigenvalue weighted by Crippen LogP contribution is -2.30. The number of benzene rings is 2. The van der Waals surface area contributed by atoms with E-state index in [9.17, 15) is 4.79 Å². The van der Waals surface area contributed by atoms with Gasteiger partial charge in [-0.15, -0.1) is 11.8 Å². The van der Waals surface area contributed by atoms with Gasteiger partial charge in [0.25, 0.3) is 5.91 Å². The van der Waals surface area contributed by atoms with Crippen LogP contribution >= 0.6 is 11.8 Å². The third-order valence-corrected chi connectivity index (χ3v) is 5.96. The lowest BCUT2D eigenvalue weighted by molar-refractivity contribution is 0.0935. The normalized spacial score (nSPS) is 16.8. The topological polar surface area (TPSA) is 44.9 Å². The first kappa shape index (κ1) is 15.3. The first-order valence-electron chi connectivity index (χ1n) is 8.25. The Bertz CT molecular complexity index is 929. The van der Waals surface area contributed by atoms with E-state index < -0.39 is 0 Å². The van der Waals surface area contributed by atoms with Crippen molar-refractivity contribution in [3.8, 4) is 0 Å². The van der Waals surface area contributed by atoms with Crippen LogP contribution in [-0.4, -0.2) is 16.6 Å². The highest BCUT2D eigenvalue weighted by molar-refractivity contribution is 7.99. The number of aryl methyl sites for hydroxylation is 2. The molecular weight excluding hydrogens is 316 g/mol. The number of hydrogen-bond acceptors (Lipinski definition) is 2. The predicted octanol–water partition coefficient (Wildman–Crippen LogP) is 4.75. The minimum Gasteiger partial charge on any atom is -0.358 e. The number of H-pyrrole nitrogens is 1. The van der Waals surface area contributed by atoms with E-state index in [1.165, 1.54) is 16.0 Å². The third-order valence-electron chi connectivity index (χ3n) is 4.83. The Labute approximate surface area is 145 Å². The molecule has 3 nitrogen and oxygen atoms in total. The summed E-state index contributed by atoms with van der Waals surface area (Å²) in [7, 11) is 0. The minimum atomic E-state index is 0.00172. The van der Waals surface area contributed by atoms with Crippen LogP contribution in [0.15, 0.2) is 47.4 Å². The molecule has 0 saturated heterocycles. The Morgan fingerprint density at radius 1 is 1.21 bits per heavy atom. The van der Waals surface area contributed by atoms with Crippen molar-refractivity contribution >= 4 is 28.6 Å². The van der Waals surface area contributed by atoms with Crippen LogP contribution in [0.25, 0.3) is 10.9 Å². The van der Waals surface area contributed by atoms with Gasteiger partial charge in [-0.2, -0.15) is 0 Å². The summed E-state index contributed by atoms with van der Waals surface area (Å²) < 4.78 is 0. The number of aromatic nitrogens is 1. The van der Waals surface area contributed by atoms with Crippen molar-refractivity contribution in [2.45, 2.75) is 31.2 Å². The molecule has 0 fully saturated rings. The maximum absolute atomic E-state index is 12.8. The Kier molecular flexibility index (Phi) is 3.85. The van der Waals surface area contributed by atoms with Gasteiger partial charge in [-0.05, 0) is 55.7 Å². The number of carbonyl (C=O) groups is 1. The lowest BCUT2D eigenvalue weighted by atomic mass is 10.0. The summed E-state index contributed by atoms with van der Waals surface area (Å²) in [6.07, 6.45) is 0.970. The van der Waals surface area contributed by atoms with Gasteiger partial charge >= 0.3 is 0 Å². The molecule has 3 aromatic rings. The van der Waals surface area contributed by atoms with Crippen molar-refractivity contribution in [2.75, 3.05) is 5.75 Å². The van der Waals surface area contributed by atoms with Crippen LogP contribution in [0, 0.1) is 13.8 Å². The van der Waals surface area contributed by atoms with E-state index in [0.717, 1.165) is 34.3 Å². The summed E-state index contributed by atoms with van der Waals surface area (Å²) in [6.45, 7) is 4.15. The van der Waals surface area contributed by atoms with Crippen molar-refractivity contribution in [3.05, 3.63) is 64.8 Å². The maximum atomic E-state index is 12.8. The van der Waals surface area contributed by atoms with Gasteiger partial charge in [-0.1, -0.05) is 18.2 Å². The number of carbonyl (C=O) groups excluding carboxylic acids is 1. The molecule has 4 rings (SSSR count). The van der Waals surface area contributed by atoms with Gasteiger partial charge in [-0.25, -0.2) is 0 Å². The van der Waals surface area contributed by atoms with E-state index in [0.29, 0.717) is 0 Å². The number of hydrogen-bond donors (Lipinski definition) is 2. The SMILES string of the molecule is Cc1[nH]c2ccc(C(=O)NC3CCSc4ccccc43)cc2c1C. The predicted molar refractivity (Wildman–Crippen MR) is 99.8 cm³/mol. The van der Waals surface area contributed by atoms with Crippen molar-refractivity contribution in [2.24, 2.45) is 0 Å². The van der Waals surface area contributed by atoms with E-state index in [1.54, 1.807) is 0 Å². The zero-order valence-electron chi connectivity index (χ0n) is 13.8. The molecular formula is C20H20N2OS. The van der Waals surface area contributed by atoms with Gasteiger partial charge in [0.15, 0.2) is 0 Å². The molecule has 2 aromatic carbocycles. The lowest BCUT2D eigenvalue weighted by Gasteiger charge is -2.25. The molecule has 0 saturated carbocycles. The first-order chi connectivity index (χ1) is 11.6. The fourth-order valence-electron chi connectivity index (χ4n) is 3.34. The van der Waals surface area contributed by atoms with Crippen LogP contribution < -0.4 is 5.32 Å². The fraction of sp³-hybridized carbons (Fsp3) is 0.250. The van der Waals surface area contributed by atoms with E-state index in [4.69, 9.17) is 0 Å². The summed E-state index contributed by atoms with van der Waals surface area (Å²) >= 11 is 1.87. The molecule has 1 aliphatic heterocycles. The van der Waals surface area contributed by atoms with Gasteiger partial charge < -0.3 is 10.3 Å². The zero-order valence-corrected chi connectivity index (χ0v) is 14.7. The molecule has 1 amide bonds. The molecule has 0 aliphatic carbocycles. The molecule has 0 radical (unpaired) electrons. The molecule has 24 heavy (non-hydrogen) atoms. The molecule has 122 valence electrons. The van der Waals surface area contributed by atoms with E-state index >= 15 is 0 Å². The van der Waals surface area contributed by atoms with Crippen molar-refractivity contribution in [1.29, 1.82) is 0 Å². The quantitative estimate of drug-likeness (QED) is 0.709. The highest BCUT2D eigenvalue weighted by Crippen LogP contribution is 2.36. The summed E-state index contributed by atoms with van der Waals surface area (Å²) in [4.78, 5) is 17.4. The van der Waals surface area contributed by atoms with Crippen LogP contribution in [-0.2, 0) is 0 Å². The average molecular weight is 336 g/mol. The highest BCUT2D eigenvalue weighted by Gasteiger charge is 2.22. The van der Waals surface area contributed by atoms with Crippen LogP contribution in [0.5, 0.6) is 0 Å². The van der Waals surface area contributed by atoms with Gasteiger partial charge in [-0.3, -0.25) is 4.79 Å². The number of amides is 1. The molecule has 1 aliphatic rings. The highest BCUT2D eigenvalue weighted by atomic mass is 32.2. The minimum absolute atomic E-state index is 0.00172. The summed E-state index contributed by atoms with van der Waals surface area (Å²) in [5.74, 6) is 1.04. The molecule has 1 unspecified atom stereocenters. The van der Waals surface area contributed by atoms with Crippen molar-refractivity contribution < 1.29 is 4.79 Å². The monoisotopic (exact) mass is 336 g/mol. The Morgan fingerprint density at radius 3 is 2.92 bits per heavy atom. The van der Waals surface area contributed by atoms with Gasteiger partial charge in [0.2, 0.25) is 0 Å². The average Bonchev–Trinajstić information content (AvgIpc) is 2.89. The van der Waals surface area contributed by atoms with Gasteiger partial charge in [0, 0.05) is 32.8 Å². The largest absolute Gasteiger partial charge is 0.358 e. The summed E-state index contributed by atoms with van der Waals surface area (Å²) in [5.41, 5.74) is 5.40. The smallest absolute Gasteiger partial charge is 0.251 e. The van der Waals surface area contributed by atoms with E-state index in [2.05, 4.69) is 42.3 Å². The van der Waals surface area contributed by atoms with Crippen LogP contribution in [0.2, 0.25) is 0 Å².